The number of unbranched alkanes of at least 4 members (excludes halogenated alkanes) is 2. The zero-order chi connectivity index (χ0) is 27.7. The molecule has 1 aromatic heterocycles. The second kappa shape index (κ2) is 13.9. The van der Waals surface area contributed by atoms with Crippen molar-refractivity contribution < 1.29 is 23.8 Å². The topological polar surface area (TPSA) is 71.5 Å². The van der Waals surface area contributed by atoms with Crippen molar-refractivity contribution in [1.82, 2.24) is 4.90 Å². The van der Waals surface area contributed by atoms with E-state index in [9.17, 15) is 9.59 Å². The number of hydrogen-bond donors (Lipinski definition) is 0. The first kappa shape index (κ1) is 28.2. The van der Waals surface area contributed by atoms with Gasteiger partial charge in [-0.25, -0.2) is 4.79 Å². The lowest BCUT2D eigenvalue weighted by atomic mass is 10.0. The largest absolute Gasteiger partial charge is 0.510 e. The Balaban J connectivity index is 1.04. The number of nitrogens with zero attached hydrogens (tertiary/aromatic N) is 3. The Hall–Kier alpha value is -3.30. The average Bonchev–Trinajstić information content (AvgIpc) is 3.46. The number of carbonyl (C=O) groups excluding carboxylic acids is 2. The summed E-state index contributed by atoms with van der Waals surface area (Å²) < 4.78 is 17.7. The second-order valence-corrected chi connectivity index (χ2v) is 11.3. The third-order valence-corrected chi connectivity index (χ3v) is 8.49. The van der Waals surface area contributed by atoms with Gasteiger partial charge in [-0.05, 0) is 67.4 Å². The summed E-state index contributed by atoms with van der Waals surface area (Å²) >= 11 is 1.80. The summed E-state index contributed by atoms with van der Waals surface area (Å²) in [4.78, 5) is 31.0. The minimum absolute atomic E-state index is 0.0712. The summed E-state index contributed by atoms with van der Waals surface area (Å²) in [6, 6.07) is 14.7. The molecule has 0 spiro atoms. The van der Waals surface area contributed by atoms with E-state index in [4.69, 9.17) is 14.2 Å². The molecular formula is C31H39N3O5S. The number of ether oxygens (including phenoxy) is 3. The molecule has 3 heterocycles. The third kappa shape index (κ3) is 7.06. The van der Waals surface area contributed by atoms with Gasteiger partial charge < -0.3 is 19.1 Å². The molecule has 9 heteroatoms. The lowest BCUT2D eigenvalue weighted by Gasteiger charge is -2.36. The summed E-state index contributed by atoms with van der Waals surface area (Å²) in [5.41, 5.74) is 3.14. The molecule has 1 saturated heterocycles. The first-order valence-corrected chi connectivity index (χ1v) is 15.3. The fraction of sp³-hybridized carbons (Fsp3) is 0.484. The van der Waals surface area contributed by atoms with Crippen LogP contribution in [0, 0.1) is 0 Å². The van der Waals surface area contributed by atoms with Crippen LogP contribution in [0.1, 0.15) is 44.6 Å². The van der Waals surface area contributed by atoms with E-state index in [1.165, 1.54) is 20.7 Å². The van der Waals surface area contributed by atoms with E-state index in [-0.39, 0.29) is 12.6 Å². The Kier molecular flexibility index (Phi) is 9.78. The first-order chi connectivity index (χ1) is 19.6. The number of aryl methyl sites for hydroxylation is 1. The van der Waals surface area contributed by atoms with Crippen molar-refractivity contribution in [2.45, 2.75) is 45.4 Å². The Labute approximate surface area is 240 Å². The Morgan fingerprint density at radius 2 is 1.80 bits per heavy atom. The van der Waals surface area contributed by atoms with E-state index < -0.39 is 6.16 Å². The Morgan fingerprint density at radius 1 is 0.925 bits per heavy atom. The van der Waals surface area contributed by atoms with Crippen LogP contribution in [0.4, 0.5) is 16.2 Å². The van der Waals surface area contributed by atoms with Gasteiger partial charge in [0.05, 0.1) is 18.9 Å². The van der Waals surface area contributed by atoms with Gasteiger partial charge in [0.25, 0.3) is 0 Å². The van der Waals surface area contributed by atoms with Gasteiger partial charge in [0.15, 0.2) is 6.73 Å². The number of rotatable bonds is 12. The maximum absolute atomic E-state index is 12.6. The number of thiophene rings is 1. The molecule has 214 valence electrons. The van der Waals surface area contributed by atoms with Crippen LogP contribution in [0.25, 0.3) is 10.1 Å². The molecule has 0 N–H and O–H groups in total. The fourth-order valence-corrected chi connectivity index (χ4v) is 6.11. The SMILES string of the molecule is CCCCOC(=O)OCN1C(=O)CCc2ccc(OCCCCN3CCN(c4cccc5sccc45)CC3)cc21. The molecular weight excluding hydrogens is 526 g/mol. The highest BCUT2D eigenvalue weighted by Crippen LogP contribution is 2.32. The van der Waals surface area contributed by atoms with Crippen molar-refractivity contribution in [3.8, 4) is 5.75 Å². The summed E-state index contributed by atoms with van der Waals surface area (Å²) in [6.45, 7) is 8.12. The van der Waals surface area contributed by atoms with Crippen LogP contribution in [0.5, 0.6) is 5.75 Å². The van der Waals surface area contributed by atoms with Gasteiger partial charge in [0.2, 0.25) is 5.91 Å². The maximum Gasteiger partial charge on any atom is 0.510 e. The van der Waals surface area contributed by atoms with Crippen molar-refractivity contribution in [2.24, 2.45) is 0 Å². The van der Waals surface area contributed by atoms with Gasteiger partial charge in [-0.15, -0.1) is 11.3 Å². The lowest BCUT2D eigenvalue weighted by molar-refractivity contribution is -0.119. The second-order valence-electron chi connectivity index (χ2n) is 10.3. The van der Waals surface area contributed by atoms with Crippen molar-refractivity contribution in [3.05, 3.63) is 53.4 Å². The monoisotopic (exact) mass is 565 g/mol. The number of fused-ring (bicyclic) bond motifs is 2. The van der Waals surface area contributed by atoms with E-state index in [1.807, 2.05) is 25.1 Å². The average molecular weight is 566 g/mol. The number of piperazine rings is 1. The normalized spacial score (nSPS) is 15.8. The van der Waals surface area contributed by atoms with E-state index in [0.29, 0.717) is 26.1 Å². The van der Waals surface area contributed by atoms with E-state index in [0.717, 1.165) is 75.4 Å². The molecule has 2 aliphatic heterocycles. The van der Waals surface area contributed by atoms with E-state index in [2.05, 4.69) is 39.4 Å². The molecule has 0 aliphatic carbocycles. The zero-order valence-corrected chi connectivity index (χ0v) is 24.1. The van der Waals surface area contributed by atoms with Gasteiger partial charge in [-0.3, -0.25) is 14.6 Å². The standard InChI is InChI=1S/C31H39N3O5S/c1-2-3-19-38-31(36)39-23-34-28-22-25(11-9-24(28)10-12-30(34)35)37-20-5-4-14-32-15-17-33(18-16-32)27-7-6-8-29-26(27)13-21-40-29/h6-9,11,13,21-22H,2-5,10,12,14-20,23H2,1H3. The third-order valence-electron chi connectivity index (χ3n) is 7.61. The number of benzene rings is 2. The predicted molar refractivity (Wildman–Crippen MR) is 160 cm³/mol. The van der Waals surface area contributed by atoms with Gasteiger partial charge in [0, 0.05) is 54.4 Å². The summed E-state index contributed by atoms with van der Waals surface area (Å²) in [6.07, 6.45) is 4.05. The van der Waals surface area contributed by atoms with Crippen LogP contribution >= 0.6 is 11.3 Å². The Bertz CT molecular complexity index is 1290. The molecule has 0 atom stereocenters. The molecule has 5 rings (SSSR count). The van der Waals surface area contributed by atoms with Crippen LogP contribution in [0.15, 0.2) is 47.8 Å². The van der Waals surface area contributed by atoms with Crippen LogP contribution in [0.3, 0.4) is 0 Å². The predicted octanol–water partition coefficient (Wildman–Crippen LogP) is 6.07. The van der Waals surface area contributed by atoms with Crippen LogP contribution in [-0.4, -0.2) is 69.6 Å². The first-order valence-electron chi connectivity index (χ1n) is 14.4. The molecule has 0 saturated carbocycles. The number of carbonyl (C=O) groups is 2. The maximum atomic E-state index is 12.6. The van der Waals surface area contributed by atoms with Crippen LogP contribution in [0.2, 0.25) is 0 Å². The summed E-state index contributed by atoms with van der Waals surface area (Å²) in [5, 5.41) is 3.54. The number of amides is 1. The summed E-state index contributed by atoms with van der Waals surface area (Å²) in [5.74, 6) is 0.651. The number of hydrogen-bond acceptors (Lipinski definition) is 8. The zero-order valence-electron chi connectivity index (χ0n) is 23.3. The van der Waals surface area contributed by atoms with E-state index >= 15 is 0 Å². The molecule has 40 heavy (non-hydrogen) atoms. The molecule has 0 radical (unpaired) electrons. The van der Waals surface area contributed by atoms with Crippen molar-refractivity contribution in [2.75, 3.05) is 62.5 Å². The fourth-order valence-electron chi connectivity index (χ4n) is 5.30. The molecule has 0 unspecified atom stereocenters. The molecule has 3 aromatic rings. The quantitative estimate of drug-likeness (QED) is 0.195. The van der Waals surface area contributed by atoms with Gasteiger partial charge >= 0.3 is 6.16 Å². The molecule has 1 fully saturated rings. The minimum atomic E-state index is -0.748. The molecule has 0 bridgehead atoms. The summed E-state index contributed by atoms with van der Waals surface area (Å²) in [7, 11) is 0. The number of anilines is 2. The molecule has 1 amide bonds. The van der Waals surface area contributed by atoms with Crippen molar-refractivity contribution >= 4 is 44.9 Å². The molecule has 2 aromatic carbocycles. The molecule has 2 aliphatic rings. The smallest absolute Gasteiger partial charge is 0.494 e. The van der Waals surface area contributed by atoms with Gasteiger partial charge in [0.1, 0.15) is 5.75 Å². The molecule has 8 nitrogen and oxygen atoms in total. The lowest BCUT2D eigenvalue weighted by Crippen LogP contribution is -2.46. The minimum Gasteiger partial charge on any atom is -0.494 e. The van der Waals surface area contributed by atoms with Crippen LogP contribution < -0.4 is 14.5 Å². The Morgan fingerprint density at radius 3 is 2.65 bits per heavy atom. The van der Waals surface area contributed by atoms with Gasteiger partial charge in [-0.2, -0.15) is 0 Å². The highest BCUT2D eigenvalue weighted by molar-refractivity contribution is 7.17. The van der Waals surface area contributed by atoms with Gasteiger partial charge in [-0.1, -0.05) is 25.5 Å². The van der Waals surface area contributed by atoms with E-state index in [1.54, 1.807) is 11.3 Å². The van der Waals surface area contributed by atoms with Crippen LogP contribution in [-0.2, 0) is 20.7 Å². The van der Waals surface area contributed by atoms with Crippen molar-refractivity contribution in [1.29, 1.82) is 0 Å². The van der Waals surface area contributed by atoms with Crippen molar-refractivity contribution in [3.63, 3.8) is 0 Å². The highest BCUT2D eigenvalue weighted by Gasteiger charge is 2.26. The highest BCUT2D eigenvalue weighted by atomic mass is 32.1.